The molecular formula is C33H30ClF3N6O3. The Balaban J connectivity index is 1.52. The monoisotopic (exact) mass is 650 g/mol. The van der Waals surface area contributed by atoms with Crippen LogP contribution in [0.3, 0.4) is 0 Å². The molecule has 0 spiro atoms. The van der Waals surface area contributed by atoms with Gasteiger partial charge in [0.2, 0.25) is 5.95 Å². The first kappa shape index (κ1) is 32.4. The van der Waals surface area contributed by atoms with E-state index in [1.54, 1.807) is 17.1 Å². The van der Waals surface area contributed by atoms with Crippen molar-refractivity contribution in [3.05, 3.63) is 118 Å². The Bertz CT molecular complexity index is 1750. The van der Waals surface area contributed by atoms with Gasteiger partial charge in [0.1, 0.15) is 11.1 Å². The summed E-state index contributed by atoms with van der Waals surface area (Å²) in [5.41, 5.74) is 1.04. The van der Waals surface area contributed by atoms with Gasteiger partial charge in [-0.3, -0.25) is 4.79 Å². The molecule has 3 aromatic carbocycles. The van der Waals surface area contributed by atoms with Gasteiger partial charge in [-0.15, -0.1) is 0 Å². The SMILES string of the molecule is COC(=O)C(C)(C)NC(=O)c1cnc(NCc2ccc(C(F)(F)F)cc2)nc1N1CC(c2ccccc2)C(c2ccc(Cl)cc2)=N1. The number of hydrogen-bond donors (Lipinski definition) is 2. The molecule has 1 aliphatic rings. The Morgan fingerprint density at radius 2 is 1.67 bits per heavy atom. The topological polar surface area (TPSA) is 109 Å². The molecule has 5 rings (SSSR count). The van der Waals surface area contributed by atoms with E-state index >= 15 is 0 Å². The summed E-state index contributed by atoms with van der Waals surface area (Å²) in [6.07, 6.45) is -3.13. The second kappa shape index (κ2) is 13.2. The molecule has 2 N–H and O–H groups in total. The van der Waals surface area contributed by atoms with E-state index in [1.807, 2.05) is 42.5 Å². The van der Waals surface area contributed by atoms with Crippen molar-refractivity contribution in [2.24, 2.45) is 5.10 Å². The van der Waals surface area contributed by atoms with E-state index in [2.05, 4.69) is 20.6 Å². The zero-order valence-corrected chi connectivity index (χ0v) is 25.9. The highest BCUT2D eigenvalue weighted by atomic mass is 35.5. The number of anilines is 2. The molecule has 0 bridgehead atoms. The lowest BCUT2D eigenvalue weighted by molar-refractivity contribution is -0.146. The average molecular weight is 651 g/mol. The van der Waals surface area contributed by atoms with Crippen LogP contribution in [-0.4, -0.2) is 46.7 Å². The molecule has 1 aliphatic heterocycles. The molecule has 13 heteroatoms. The Morgan fingerprint density at radius 3 is 2.30 bits per heavy atom. The number of aromatic nitrogens is 2. The molecular weight excluding hydrogens is 621 g/mol. The van der Waals surface area contributed by atoms with Crippen molar-refractivity contribution < 1.29 is 27.5 Å². The first-order valence-corrected chi connectivity index (χ1v) is 14.6. The number of nitrogens with one attached hydrogen (secondary N) is 2. The molecule has 0 saturated heterocycles. The summed E-state index contributed by atoms with van der Waals surface area (Å²) in [7, 11) is 1.23. The lowest BCUT2D eigenvalue weighted by atomic mass is 9.90. The molecule has 1 atom stereocenters. The van der Waals surface area contributed by atoms with Crippen LogP contribution in [0.5, 0.6) is 0 Å². The summed E-state index contributed by atoms with van der Waals surface area (Å²) >= 11 is 6.15. The highest BCUT2D eigenvalue weighted by Gasteiger charge is 2.36. The van der Waals surface area contributed by atoms with E-state index in [-0.39, 0.29) is 29.8 Å². The number of carbonyl (C=O) groups excluding carboxylic acids is 2. The molecule has 0 radical (unpaired) electrons. The number of alkyl halides is 3. The normalized spacial score (nSPS) is 14.9. The van der Waals surface area contributed by atoms with Crippen molar-refractivity contribution in [1.82, 2.24) is 15.3 Å². The molecule has 9 nitrogen and oxygen atoms in total. The standard InChI is InChI=1S/C33H30ClF3N6O3/c1-32(2,30(45)46-3)41-29(44)25-18-39-31(38-17-20-9-13-23(14-10-20)33(35,36)37)40-28(25)43-19-26(21-7-5-4-6-8-21)27(42-43)22-11-15-24(34)16-12-22/h4-16,18,26H,17,19H2,1-3H3,(H,41,44)(H,38,39,40). The van der Waals surface area contributed by atoms with Crippen LogP contribution in [0.25, 0.3) is 0 Å². The molecule has 0 aliphatic carbocycles. The zero-order chi connectivity index (χ0) is 33.1. The number of hydrazone groups is 1. The Labute approximate surface area is 268 Å². The highest BCUT2D eigenvalue weighted by molar-refractivity contribution is 6.30. The maximum Gasteiger partial charge on any atom is 0.416 e. The smallest absolute Gasteiger partial charge is 0.416 e. The lowest BCUT2D eigenvalue weighted by Gasteiger charge is -2.24. The predicted octanol–water partition coefficient (Wildman–Crippen LogP) is 6.45. The minimum Gasteiger partial charge on any atom is -0.467 e. The molecule has 4 aromatic rings. The summed E-state index contributed by atoms with van der Waals surface area (Å²) in [5.74, 6) is -1.21. The van der Waals surface area contributed by atoms with Crippen molar-refractivity contribution in [2.75, 3.05) is 24.0 Å². The largest absolute Gasteiger partial charge is 0.467 e. The van der Waals surface area contributed by atoms with Gasteiger partial charge in [-0.25, -0.2) is 14.8 Å². The molecule has 46 heavy (non-hydrogen) atoms. The number of esters is 1. The van der Waals surface area contributed by atoms with Gasteiger partial charge in [0, 0.05) is 23.7 Å². The summed E-state index contributed by atoms with van der Waals surface area (Å²) in [6, 6.07) is 21.8. The fraction of sp³-hybridized carbons (Fsp3) is 0.242. The van der Waals surface area contributed by atoms with Crippen LogP contribution in [-0.2, 0) is 22.3 Å². The third kappa shape index (κ3) is 7.28. The quantitative estimate of drug-likeness (QED) is 0.200. The molecule has 0 saturated carbocycles. The summed E-state index contributed by atoms with van der Waals surface area (Å²) in [6.45, 7) is 3.45. The lowest BCUT2D eigenvalue weighted by Crippen LogP contribution is -2.50. The number of hydrogen-bond acceptors (Lipinski definition) is 8. The molecule has 1 aromatic heterocycles. The van der Waals surface area contributed by atoms with Crippen LogP contribution in [0.15, 0.2) is 90.2 Å². The number of carbonyl (C=O) groups is 2. The van der Waals surface area contributed by atoms with Crippen molar-refractivity contribution in [2.45, 2.75) is 38.0 Å². The first-order valence-electron chi connectivity index (χ1n) is 14.2. The molecule has 0 fully saturated rings. The van der Waals surface area contributed by atoms with E-state index < -0.39 is 29.2 Å². The van der Waals surface area contributed by atoms with E-state index in [1.165, 1.54) is 39.3 Å². The number of halogens is 4. The summed E-state index contributed by atoms with van der Waals surface area (Å²) in [5, 5.41) is 12.8. The third-order valence-electron chi connectivity index (χ3n) is 7.37. The van der Waals surface area contributed by atoms with Crippen LogP contribution in [0.4, 0.5) is 24.9 Å². The summed E-state index contributed by atoms with van der Waals surface area (Å²) < 4.78 is 43.9. The fourth-order valence-electron chi connectivity index (χ4n) is 4.93. The third-order valence-corrected chi connectivity index (χ3v) is 7.62. The second-order valence-corrected chi connectivity index (χ2v) is 11.5. The van der Waals surface area contributed by atoms with Gasteiger partial charge in [-0.05, 0) is 54.8 Å². The molecule has 238 valence electrons. The van der Waals surface area contributed by atoms with Crippen LogP contribution < -0.4 is 15.6 Å². The first-order chi connectivity index (χ1) is 21.9. The van der Waals surface area contributed by atoms with Crippen LogP contribution in [0, 0.1) is 0 Å². The number of nitrogens with zero attached hydrogens (tertiary/aromatic N) is 4. The number of methoxy groups -OCH3 is 1. The van der Waals surface area contributed by atoms with Crippen molar-refractivity contribution in [1.29, 1.82) is 0 Å². The highest BCUT2D eigenvalue weighted by Crippen LogP contribution is 2.34. The van der Waals surface area contributed by atoms with Crippen LogP contribution in [0.1, 0.15) is 52.4 Å². The van der Waals surface area contributed by atoms with E-state index in [0.29, 0.717) is 17.1 Å². The molecule has 1 unspecified atom stereocenters. The minimum absolute atomic E-state index is 0.0463. The maximum absolute atomic E-state index is 13.6. The van der Waals surface area contributed by atoms with Gasteiger partial charge in [-0.1, -0.05) is 66.2 Å². The van der Waals surface area contributed by atoms with Gasteiger partial charge < -0.3 is 15.4 Å². The van der Waals surface area contributed by atoms with E-state index in [4.69, 9.17) is 21.4 Å². The molecule has 1 amide bonds. The van der Waals surface area contributed by atoms with Crippen molar-refractivity contribution >= 4 is 41.0 Å². The van der Waals surface area contributed by atoms with Gasteiger partial charge in [0.05, 0.1) is 24.9 Å². The Kier molecular flexibility index (Phi) is 9.29. The number of benzene rings is 3. The summed E-state index contributed by atoms with van der Waals surface area (Å²) in [4.78, 5) is 34.9. The zero-order valence-electron chi connectivity index (χ0n) is 25.1. The minimum atomic E-state index is -4.44. The van der Waals surface area contributed by atoms with Crippen molar-refractivity contribution in [3.8, 4) is 0 Å². The van der Waals surface area contributed by atoms with Crippen LogP contribution in [0.2, 0.25) is 5.02 Å². The number of amides is 1. The maximum atomic E-state index is 13.6. The second-order valence-electron chi connectivity index (χ2n) is 11.1. The van der Waals surface area contributed by atoms with E-state index in [0.717, 1.165) is 29.0 Å². The van der Waals surface area contributed by atoms with Gasteiger partial charge >= 0.3 is 12.1 Å². The average Bonchev–Trinajstić information content (AvgIpc) is 3.49. The molecule has 2 heterocycles. The van der Waals surface area contributed by atoms with Gasteiger partial charge in [0.25, 0.3) is 5.91 Å². The predicted molar refractivity (Wildman–Crippen MR) is 169 cm³/mol. The Hall–Kier alpha value is -4.97. The van der Waals surface area contributed by atoms with Gasteiger partial charge in [-0.2, -0.15) is 23.3 Å². The fourth-order valence-corrected chi connectivity index (χ4v) is 5.05. The van der Waals surface area contributed by atoms with Crippen LogP contribution >= 0.6 is 11.6 Å². The van der Waals surface area contributed by atoms with Gasteiger partial charge in [0.15, 0.2) is 5.82 Å². The number of rotatable bonds is 9. The number of ether oxygens (including phenoxy) is 1. The van der Waals surface area contributed by atoms with Crippen molar-refractivity contribution in [3.63, 3.8) is 0 Å². The Morgan fingerprint density at radius 1 is 1.00 bits per heavy atom. The van der Waals surface area contributed by atoms with E-state index in [9.17, 15) is 22.8 Å².